The van der Waals surface area contributed by atoms with Crippen molar-refractivity contribution in [3.05, 3.63) is 59.7 Å². The summed E-state index contributed by atoms with van der Waals surface area (Å²) in [4.78, 5) is 27.0. The molecule has 0 radical (unpaired) electrons. The molecule has 1 heterocycles. The Labute approximate surface area is 148 Å². The summed E-state index contributed by atoms with van der Waals surface area (Å²) in [6, 6.07) is 15.6. The number of nitrogens with zero attached hydrogens (tertiary/aromatic N) is 1. The van der Waals surface area contributed by atoms with Gasteiger partial charge in [0.25, 0.3) is 0 Å². The summed E-state index contributed by atoms with van der Waals surface area (Å²) in [5.41, 5.74) is 4.10. The van der Waals surface area contributed by atoms with Crippen LogP contribution in [-0.4, -0.2) is 18.4 Å². The lowest BCUT2D eigenvalue weighted by Gasteiger charge is -2.23. The lowest BCUT2D eigenvalue weighted by atomic mass is 10.0. The summed E-state index contributed by atoms with van der Waals surface area (Å²) >= 11 is 0. The molecule has 1 N–H and O–H groups in total. The highest BCUT2D eigenvalue weighted by Crippen LogP contribution is 2.32. The highest BCUT2D eigenvalue weighted by molar-refractivity contribution is 6.04. The van der Waals surface area contributed by atoms with E-state index in [4.69, 9.17) is 0 Å². The van der Waals surface area contributed by atoms with Gasteiger partial charge in [-0.3, -0.25) is 9.59 Å². The topological polar surface area (TPSA) is 49.4 Å². The average molecular weight is 336 g/mol. The molecule has 1 aliphatic heterocycles. The van der Waals surface area contributed by atoms with Crippen molar-refractivity contribution in [2.75, 3.05) is 16.8 Å². The minimum atomic E-state index is -0.317. The van der Waals surface area contributed by atoms with Gasteiger partial charge in [-0.05, 0) is 36.1 Å². The molecule has 25 heavy (non-hydrogen) atoms. The lowest BCUT2D eigenvalue weighted by Crippen LogP contribution is -2.29. The fraction of sp³-hybridized carbons (Fsp3) is 0.333. The van der Waals surface area contributed by atoms with E-state index in [1.165, 1.54) is 0 Å². The summed E-state index contributed by atoms with van der Waals surface area (Å²) < 4.78 is 0. The smallest absolute Gasteiger partial charge is 0.229 e. The third kappa shape index (κ3) is 3.58. The van der Waals surface area contributed by atoms with Crippen molar-refractivity contribution in [2.24, 2.45) is 5.92 Å². The van der Waals surface area contributed by atoms with Gasteiger partial charge in [0.15, 0.2) is 0 Å². The SMILES string of the molecule is CCc1cccc(CC)c1N1C[C@@H](C(=O)Nc2ccccc2)CC1=O. The zero-order chi connectivity index (χ0) is 17.8. The molecule has 1 fully saturated rings. The largest absolute Gasteiger partial charge is 0.326 e. The van der Waals surface area contributed by atoms with Crippen LogP contribution in [0.3, 0.4) is 0 Å². The molecule has 0 aliphatic carbocycles. The van der Waals surface area contributed by atoms with Gasteiger partial charge in [-0.15, -0.1) is 0 Å². The molecule has 1 atom stereocenters. The predicted molar refractivity (Wildman–Crippen MR) is 101 cm³/mol. The van der Waals surface area contributed by atoms with Crippen LogP contribution in [0, 0.1) is 5.92 Å². The van der Waals surface area contributed by atoms with E-state index in [-0.39, 0.29) is 24.2 Å². The van der Waals surface area contributed by atoms with Crippen molar-refractivity contribution in [3.63, 3.8) is 0 Å². The number of anilines is 2. The highest BCUT2D eigenvalue weighted by atomic mass is 16.2. The summed E-state index contributed by atoms with van der Waals surface area (Å²) in [5, 5.41) is 2.92. The second kappa shape index (κ2) is 7.51. The third-order valence-electron chi connectivity index (χ3n) is 4.77. The summed E-state index contributed by atoms with van der Waals surface area (Å²) in [7, 11) is 0. The summed E-state index contributed by atoms with van der Waals surface area (Å²) in [5.74, 6) is -0.375. The number of amides is 2. The van der Waals surface area contributed by atoms with E-state index >= 15 is 0 Å². The van der Waals surface area contributed by atoms with Crippen LogP contribution in [0.25, 0.3) is 0 Å². The number of carbonyl (C=O) groups excluding carboxylic acids is 2. The molecule has 4 nitrogen and oxygen atoms in total. The molecular formula is C21H24N2O2. The third-order valence-corrected chi connectivity index (χ3v) is 4.77. The zero-order valence-corrected chi connectivity index (χ0v) is 14.8. The average Bonchev–Trinajstić information content (AvgIpc) is 3.03. The van der Waals surface area contributed by atoms with Crippen molar-refractivity contribution >= 4 is 23.2 Å². The van der Waals surface area contributed by atoms with Crippen molar-refractivity contribution in [1.29, 1.82) is 0 Å². The van der Waals surface area contributed by atoms with Gasteiger partial charge in [-0.25, -0.2) is 0 Å². The zero-order valence-electron chi connectivity index (χ0n) is 14.8. The summed E-state index contributed by atoms with van der Waals surface area (Å²) in [6.45, 7) is 4.64. The molecule has 0 saturated carbocycles. The van der Waals surface area contributed by atoms with E-state index in [9.17, 15) is 9.59 Å². The van der Waals surface area contributed by atoms with E-state index in [1.54, 1.807) is 0 Å². The first-order valence-electron chi connectivity index (χ1n) is 8.91. The van der Waals surface area contributed by atoms with Gasteiger partial charge >= 0.3 is 0 Å². The van der Waals surface area contributed by atoms with Gasteiger partial charge in [-0.2, -0.15) is 0 Å². The van der Waals surface area contributed by atoms with E-state index in [1.807, 2.05) is 41.3 Å². The first-order valence-corrected chi connectivity index (χ1v) is 8.91. The molecule has 0 spiro atoms. The lowest BCUT2D eigenvalue weighted by molar-refractivity contribution is -0.122. The Morgan fingerprint density at radius 3 is 2.28 bits per heavy atom. The molecule has 1 saturated heterocycles. The van der Waals surface area contributed by atoms with Gasteiger partial charge in [0, 0.05) is 24.3 Å². The Kier molecular flexibility index (Phi) is 5.17. The molecule has 4 heteroatoms. The maximum atomic E-state index is 12.6. The van der Waals surface area contributed by atoms with Crippen molar-refractivity contribution < 1.29 is 9.59 Å². The molecular weight excluding hydrogens is 312 g/mol. The molecule has 0 aromatic heterocycles. The second-order valence-corrected chi connectivity index (χ2v) is 6.39. The molecule has 2 aromatic carbocycles. The number of hydrogen-bond acceptors (Lipinski definition) is 2. The Bertz CT molecular complexity index is 748. The Balaban J connectivity index is 1.80. The van der Waals surface area contributed by atoms with Gasteiger partial charge < -0.3 is 10.2 Å². The van der Waals surface area contributed by atoms with Crippen LogP contribution in [0.5, 0.6) is 0 Å². The van der Waals surface area contributed by atoms with Gasteiger partial charge in [0.05, 0.1) is 5.92 Å². The van der Waals surface area contributed by atoms with Crippen molar-refractivity contribution in [2.45, 2.75) is 33.1 Å². The van der Waals surface area contributed by atoms with Crippen molar-refractivity contribution in [1.82, 2.24) is 0 Å². The van der Waals surface area contributed by atoms with E-state index in [0.717, 1.165) is 35.3 Å². The molecule has 3 rings (SSSR count). The minimum Gasteiger partial charge on any atom is -0.326 e. The van der Waals surface area contributed by atoms with Crippen LogP contribution in [0.4, 0.5) is 11.4 Å². The molecule has 2 aromatic rings. The number of rotatable bonds is 5. The minimum absolute atomic E-state index is 0.0313. The summed E-state index contributed by atoms with van der Waals surface area (Å²) in [6.07, 6.45) is 2.00. The number of carbonyl (C=O) groups is 2. The van der Waals surface area contributed by atoms with Crippen LogP contribution in [0.2, 0.25) is 0 Å². The molecule has 1 aliphatic rings. The van der Waals surface area contributed by atoms with E-state index < -0.39 is 0 Å². The first-order chi connectivity index (χ1) is 12.1. The Morgan fingerprint density at radius 1 is 1.04 bits per heavy atom. The van der Waals surface area contributed by atoms with Crippen LogP contribution >= 0.6 is 0 Å². The van der Waals surface area contributed by atoms with Crippen LogP contribution < -0.4 is 10.2 Å². The van der Waals surface area contributed by atoms with E-state index in [2.05, 4.69) is 31.3 Å². The monoisotopic (exact) mass is 336 g/mol. The maximum Gasteiger partial charge on any atom is 0.229 e. The van der Waals surface area contributed by atoms with E-state index in [0.29, 0.717) is 6.54 Å². The van der Waals surface area contributed by atoms with Crippen LogP contribution in [-0.2, 0) is 22.4 Å². The van der Waals surface area contributed by atoms with Gasteiger partial charge in [0.2, 0.25) is 11.8 Å². The van der Waals surface area contributed by atoms with Crippen LogP contribution in [0.15, 0.2) is 48.5 Å². The van der Waals surface area contributed by atoms with Crippen LogP contribution in [0.1, 0.15) is 31.4 Å². The van der Waals surface area contributed by atoms with Gasteiger partial charge in [0.1, 0.15) is 0 Å². The maximum absolute atomic E-state index is 12.6. The molecule has 0 bridgehead atoms. The molecule has 130 valence electrons. The fourth-order valence-electron chi connectivity index (χ4n) is 3.43. The standard InChI is InChI=1S/C21H24N2O2/c1-3-15-9-8-10-16(4-2)20(15)23-14-17(13-19(23)24)21(25)22-18-11-6-5-7-12-18/h5-12,17H,3-4,13-14H2,1-2H3,(H,22,25)/t17-/m0/s1. The number of hydrogen-bond donors (Lipinski definition) is 1. The number of benzene rings is 2. The fourth-order valence-corrected chi connectivity index (χ4v) is 3.43. The number of nitrogens with one attached hydrogen (secondary N) is 1. The second-order valence-electron chi connectivity index (χ2n) is 6.39. The molecule has 0 unspecified atom stereocenters. The highest BCUT2D eigenvalue weighted by Gasteiger charge is 2.36. The Hall–Kier alpha value is -2.62. The van der Waals surface area contributed by atoms with Crippen molar-refractivity contribution in [3.8, 4) is 0 Å². The molecule has 2 amide bonds. The number of para-hydroxylation sites is 2. The first kappa shape index (κ1) is 17.2. The predicted octanol–water partition coefficient (Wildman–Crippen LogP) is 3.80. The van der Waals surface area contributed by atoms with Gasteiger partial charge in [-0.1, -0.05) is 50.2 Å². The Morgan fingerprint density at radius 2 is 1.68 bits per heavy atom. The normalized spacial score (nSPS) is 17.0. The quantitative estimate of drug-likeness (QED) is 0.903. The number of aryl methyl sites for hydroxylation is 2.